The van der Waals surface area contributed by atoms with Crippen molar-refractivity contribution in [2.45, 2.75) is 57.1 Å². The molecule has 0 aromatic heterocycles. The Morgan fingerprint density at radius 1 is 1.19 bits per heavy atom. The van der Waals surface area contributed by atoms with Crippen molar-refractivity contribution in [1.29, 1.82) is 0 Å². The summed E-state index contributed by atoms with van der Waals surface area (Å²) in [4.78, 5) is 12.5. The van der Waals surface area contributed by atoms with Crippen LogP contribution in [0.3, 0.4) is 0 Å². The Morgan fingerprint density at radius 3 is 2.00 bits per heavy atom. The summed E-state index contributed by atoms with van der Waals surface area (Å²) in [5.74, 6) is 1.14. The van der Waals surface area contributed by atoms with Crippen molar-refractivity contribution in [2.24, 2.45) is 23.2 Å². The average Bonchev–Trinajstić information content (AvgIpc) is 2.34. The van der Waals surface area contributed by atoms with Crippen molar-refractivity contribution < 1.29 is 26.9 Å². The van der Waals surface area contributed by atoms with Crippen molar-refractivity contribution in [3.8, 4) is 0 Å². The Labute approximate surface area is 124 Å². The Hall–Kier alpha value is -0.690. The number of carbonyl (C=O) groups excluding carboxylic acids is 1. The van der Waals surface area contributed by atoms with Gasteiger partial charge >= 0.3 is 16.1 Å². The highest BCUT2D eigenvalue weighted by Crippen LogP contribution is 2.60. The molecule has 4 rings (SSSR count). The SMILES string of the molecule is CC(OC(=O)C12CC3CC(CC(C3)C1)C2)C(F)S(=O)(=O)O. The molecule has 0 aromatic carbocycles. The van der Waals surface area contributed by atoms with Gasteiger partial charge in [-0.15, -0.1) is 0 Å². The van der Waals surface area contributed by atoms with Gasteiger partial charge in [0.2, 0.25) is 0 Å². The second-order valence-electron chi connectivity index (χ2n) is 7.17. The van der Waals surface area contributed by atoms with Crippen LogP contribution >= 0.6 is 0 Å². The molecule has 0 saturated heterocycles. The molecule has 4 bridgehead atoms. The summed E-state index contributed by atoms with van der Waals surface area (Å²) >= 11 is 0. The van der Waals surface area contributed by atoms with Gasteiger partial charge in [-0.05, 0) is 63.2 Å². The van der Waals surface area contributed by atoms with Crippen LogP contribution in [0.25, 0.3) is 0 Å². The number of carbonyl (C=O) groups is 1. The van der Waals surface area contributed by atoms with E-state index in [1.165, 1.54) is 0 Å². The first-order valence-electron chi connectivity index (χ1n) is 7.51. The van der Waals surface area contributed by atoms with Crippen LogP contribution in [0.2, 0.25) is 0 Å². The molecule has 21 heavy (non-hydrogen) atoms. The monoisotopic (exact) mass is 320 g/mol. The minimum atomic E-state index is -4.85. The highest BCUT2D eigenvalue weighted by Gasteiger charge is 2.56. The molecule has 0 aromatic rings. The maximum absolute atomic E-state index is 13.5. The molecule has 120 valence electrons. The summed E-state index contributed by atoms with van der Waals surface area (Å²) in [5.41, 5.74) is -3.14. The van der Waals surface area contributed by atoms with E-state index in [0.717, 1.165) is 45.4 Å². The van der Waals surface area contributed by atoms with Crippen LogP contribution < -0.4 is 0 Å². The lowest BCUT2D eigenvalue weighted by molar-refractivity contribution is -0.177. The van der Waals surface area contributed by atoms with Gasteiger partial charge in [-0.2, -0.15) is 8.42 Å². The molecular formula is C14H21FO5S. The second kappa shape index (κ2) is 4.91. The van der Waals surface area contributed by atoms with Gasteiger partial charge in [0.05, 0.1) is 5.41 Å². The lowest BCUT2D eigenvalue weighted by Gasteiger charge is -2.55. The van der Waals surface area contributed by atoms with Crippen LogP contribution in [0, 0.1) is 23.2 Å². The minimum absolute atomic E-state index is 0.486. The molecule has 2 unspecified atom stereocenters. The number of halogens is 1. The van der Waals surface area contributed by atoms with Crippen LogP contribution in [0.5, 0.6) is 0 Å². The highest BCUT2D eigenvalue weighted by atomic mass is 32.2. The number of ether oxygens (including phenoxy) is 1. The molecule has 0 spiro atoms. The van der Waals surface area contributed by atoms with Crippen LogP contribution in [0.15, 0.2) is 0 Å². The lowest BCUT2D eigenvalue weighted by atomic mass is 9.49. The first-order chi connectivity index (χ1) is 9.69. The predicted molar refractivity (Wildman–Crippen MR) is 72.6 cm³/mol. The van der Waals surface area contributed by atoms with Crippen LogP contribution in [-0.2, 0) is 19.6 Å². The van der Waals surface area contributed by atoms with Gasteiger partial charge < -0.3 is 4.74 Å². The van der Waals surface area contributed by atoms with E-state index in [1.54, 1.807) is 0 Å². The van der Waals surface area contributed by atoms with Gasteiger partial charge in [0, 0.05) is 0 Å². The smallest absolute Gasteiger partial charge is 0.312 e. The summed E-state index contributed by atoms with van der Waals surface area (Å²) < 4.78 is 48.9. The van der Waals surface area contributed by atoms with Crippen LogP contribution in [-0.4, -0.2) is 30.5 Å². The fourth-order valence-corrected chi connectivity index (χ4v) is 5.49. The normalized spacial score (nSPS) is 40.8. The van der Waals surface area contributed by atoms with Gasteiger partial charge in [-0.3, -0.25) is 9.35 Å². The largest absolute Gasteiger partial charge is 0.458 e. The summed E-state index contributed by atoms with van der Waals surface area (Å²) in [6.45, 7) is 1.16. The van der Waals surface area contributed by atoms with E-state index in [0.29, 0.717) is 17.8 Å². The molecule has 0 radical (unpaired) electrons. The fourth-order valence-electron chi connectivity index (χ4n) is 4.95. The first kappa shape index (κ1) is 15.2. The molecule has 5 nitrogen and oxygen atoms in total. The van der Waals surface area contributed by atoms with E-state index in [-0.39, 0.29) is 0 Å². The highest BCUT2D eigenvalue weighted by molar-refractivity contribution is 7.86. The van der Waals surface area contributed by atoms with Gasteiger partial charge in [0.25, 0.3) is 5.50 Å². The zero-order chi connectivity index (χ0) is 15.4. The topological polar surface area (TPSA) is 80.7 Å². The van der Waals surface area contributed by atoms with Crippen LogP contribution in [0.4, 0.5) is 4.39 Å². The zero-order valence-corrected chi connectivity index (χ0v) is 12.8. The third-order valence-corrected chi connectivity index (χ3v) is 6.37. The molecule has 2 atom stereocenters. The van der Waals surface area contributed by atoms with Gasteiger partial charge in [0.1, 0.15) is 6.10 Å². The third-order valence-electron chi connectivity index (χ3n) is 5.42. The first-order valence-corrected chi connectivity index (χ1v) is 9.01. The van der Waals surface area contributed by atoms with Crippen molar-refractivity contribution in [2.75, 3.05) is 0 Å². The van der Waals surface area contributed by atoms with E-state index in [4.69, 9.17) is 9.29 Å². The Morgan fingerprint density at radius 2 is 1.62 bits per heavy atom. The van der Waals surface area contributed by atoms with E-state index in [1.807, 2.05) is 0 Å². The van der Waals surface area contributed by atoms with Crippen LogP contribution in [0.1, 0.15) is 45.4 Å². The number of alkyl halides is 1. The average molecular weight is 320 g/mol. The fraction of sp³-hybridized carbons (Fsp3) is 0.929. The maximum atomic E-state index is 13.5. The molecular weight excluding hydrogens is 299 g/mol. The van der Waals surface area contributed by atoms with E-state index < -0.39 is 33.1 Å². The van der Waals surface area contributed by atoms with Crippen molar-refractivity contribution >= 4 is 16.1 Å². The Bertz CT molecular complexity index is 508. The molecule has 0 heterocycles. The van der Waals surface area contributed by atoms with Crippen molar-refractivity contribution in [1.82, 2.24) is 0 Å². The summed E-state index contributed by atoms with van der Waals surface area (Å²) in [7, 11) is -4.85. The molecule has 0 amide bonds. The molecule has 4 saturated carbocycles. The number of esters is 1. The molecule has 0 aliphatic heterocycles. The van der Waals surface area contributed by atoms with Crippen molar-refractivity contribution in [3.05, 3.63) is 0 Å². The molecule has 7 heteroatoms. The molecule has 4 fully saturated rings. The Kier molecular flexibility index (Phi) is 3.56. The minimum Gasteiger partial charge on any atom is -0.458 e. The van der Waals surface area contributed by atoms with E-state index >= 15 is 0 Å². The van der Waals surface area contributed by atoms with E-state index in [9.17, 15) is 17.6 Å². The lowest BCUT2D eigenvalue weighted by Crippen LogP contribution is -2.51. The summed E-state index contributed by atoms with van der Waals surface area (Å²) in [5, 5.41) is 0. The second-order valence-corrected chi connectivity index (χ2v) is 8.65. The number of rotatable bonds is 4. The number of hydrogen-bond donors (Lipinski definition) is 1. The summed E-state index contributed by atoms with van der Waals surface area (Å²) in [6, 6.07) is 0. The van der Waals surface area contributed by atoms with Gasteiger partial charge in [0.15, 0.2) is 0 Å². The van der Waals surface area contributed by atoms with Gasteiger partial charge in [-0.1, -0.05) is 0 Å². The molecule has 4 aliphatic carbocycles. The van der Waals surface area contributed by atoms with Crippen molar-refractivity contribution in [3.63, 3.8) is 0 Å². The van der Waals surface area contributed by atoms with E-state index in [2.05, 4.69) is 0 Å². The standard InChI is InChI=1S/C14H21FO5S/c1-8(12(15)21(17,18)19)20-13(16)14-5-9-2-10(6-14)4-11(3-9)7-14/h8-12H,2-7H2,1H3,(H,17,18,19). The maximum Gasteiger partial charge on any atom is 0.312 e. The predicted octanol–water partition coefficient (Wildman–Crippen LogP) is 2.32. The number of hydrogen-bond acceptors (Lipinski definition) is 4. The van der Waals surface area contributed by atoms with Gasteiger partial charge in [-0.25, -0.2) is 4.39 Å². The quantitative estimate of drug-likeness (QED) is 0.635. The summed E-state index contributed by atoms with van der Waals surface area (Å²) in [6.07, 6.45) is 4.32. The Balaban J connectivity index is 1.71. The third kappa shape index (κ3) is 2.70. The zero-order valence-electron chi connectivity index (χ0n) is 12.0. The molecule has 4 aliphatic rings. The molecule has 1 N–H and O–H groups in total.